The van der Waals surface area contributed by atoms with E-state index in [4.69, 9.17) is 14.9 Å². The molecule has 0 unspecified atom stereocenters. The normalized spacial score (nSPS) is 42.0. The van der Waals surface area contributed by atoms with Gasteiger partial charge in [-0.15, -0.1) is 0 Å². The summed E-state index contributed by atoms with van der Waals surface area (Å²) in [5.41, 5.74) is 0. The van der Waals surface area contributed by atoms with Crippen molar-refractivity contribution < 1.29 is 20.1 Å². The molecule has 4 atom stereocenters. The molecule has 0 amide bonds. The van der Waals surface area contributed by atoms with Crippen LogP contribution in [0.3, 0.4) is 0 Å². The summed E-state index contributed by atoms with van der Waals surface area (Å²) in [6.07, 6.45) is -2.47. The summed E-state index contributed by atoms with van der Waals surface area (Å²) in [7, 11) is 0. The van der Waals surface area contributed by atoms with Crippen LogP contribution < -0.4 is 0 Å². The van der Waals surface area contributed by atoms with Gasteiger partial charge in [0.1, 0.15) is 6.10 Å². The third-order valence-corrected chi connectivity index (χ3v) is 3.15. The van der Waals surface area contributed by atoms with Gasteiger partial charge < -0.3 is 20.1 Å². The molecule has 0 aliphatic carbocycles. The standard InChI is InChI=1S/C7H14O4S/c1-2-12-6-4(3-8)11-7(10)5(6)9/h4-10H,2-3H2,1H3/t4-,5-,6+,7-/m1/s1. The minimum atomic E-state index is -1.15. The second kappa shape index (κ2) is 4.43. The Hall–Kier alpha value is 0.190. The Morgan fingerprint density at radius 3 is 2.58 bits per heavy atom. The average molecular weight is 194 g/mol. The van der Waals surface area contributed by atoms with E-state index in [-0.39, 0.29) is 11.9 Å². The van der Waals surface area contributed by atoms with Gasteiger partial charge in [-0.1, -0.05) is 6.92 Å². The van der Waals surface area contributed by atoms with E-state index in [1.54, 1.807) is 0 Å². The van der Waals surface area contributed by atoms with Crippen LogP contribution in [-0.2, 0) is 4.74 Å². The highest BCUT2D eigenvalue weighted by atomic mass is 32.2. The van der Waals surface area contributed by atoms with Gasteiger partial charge in [0.15, 0.2) is 6.29 Å². The van der Waals surface area contributed by atoms with Crippen molar-refractivity contribution in [2.24, 2.45) is 0 Å². The van der Waals surface area contributed by atoms with Crippen molar-refractivity contribution in [3.05, 3.63) is 0 Å². The maximum atomic E-state index is 9.38. The third kappa shape index (κ3) is 1.92. The van der Waals surface area contributed by atoms with E-state index < -0.39 is 18.5 Å². The molecule has 0 aromatic heterocycles. The lowest BCUT2D eigenvalue weighted by molar-refractivity contribution is -0.132. The van der Waals surface area contributed by atoms with Crippen molar-refractivity contribution in [2.45, 2.75) is 30.7 Å². The SMILES string of the molecule is CCS[C@@H]1[C@@H](O)[C@H](O)O[C@@H]1CO. The van der Waals surface area contributed by atoms with Crippen molar-refractivity contribution in [3.63, 3.8) is 0 Å². The molecule has 0 saturated carbocycles. The molecule has 0 radical (unpaired) electrons. The highest BCUT2D eigenvalue weighted by Crippen LogP contribution is 2.29. The maximum absolute atomic E-state index is 9.38. The van der Waals surface area contributed by atoms with Crippen LogP contribution in [0.2, 0.25) is 0 Å². The van der Waals surface area contributed by atoms with Crippen LogP contribution in [0.15, 0.2) is 0 Å². The van der Waals surface area contributed by atoms with Crippen LogP contribution in [0.5, 0.6) is 0 Å². The maximum Gasteiger partial charge on any atom is 0.182 e. The van der Waals surface area contributed by atoms with Gasteiger partial charge in [0.05, 0.1) is 18.0 Å². The van der Waals surface area contributed by atoms with Crippen molar-refractivity contribution in [1.29, 1.82) is 0 Å². The topological polar surface area (TPSA) is 69.9 Å². The quantitative estimate of drug-likeness (QED) is 0.547. The number of ether oxygens (including phenoxy) is 1. The van der Waals surface area contributed by atoms with Crippen LogP contribution in [0.4, 0.5) is 0 Å². The van der Waals surface area contributed by atoms with Crippen LogP contribution in [0, 0.1) is 0 Å². The van der Waals surface area contributed by atoms with Crippen LogP contribution in [0.25, 0.3) is 0 Å². The van der Waals surface area contributed by atoms with Gasteiger partial charge in [-0.2, -0.15) is 11.8 Å². The van der Waals surface area contributed by atoms with Crippen molar-refractivity contribution >= 4 is 11.8 Å². The molecule has 1 rings (SSSR count). The van der Waals surface area contributed by atoms with Gasteiger partial charge in [-0.25, -0.2) is 0 Å². The van der Waals surface area contributed by atoms with E-state index >= 15 is 0 Å². The van der Waals surface area contributed by atoms with Gasteiger partial charge in [-0.05, 0) is 5.75 Å². The minimum Gasteiger partial charge on any atom is -0.394 e. The fourth-order valence-corrected chi connectivity index (χ4v) is 2.35. The molecule has 3 N–H and O–H groups in total. The van der Waals surface area contributed by atoms with Crippen LogP contribution in [0.1, 0.15) is 6.92 Å². The number of hydrogen-bond donors (Lipinski definition) is 3. The predicted octanol–water partition coefficient (Wildman–Crippen LogP) is -0.822. The molecule has 5 heteroatoms. The van der Waals surface area contributed by atoms with Gasteiger partial charge in [0, 0.05) is 0 Å². The van der Waals surface area contributed by atoms with E-state index in [0.717, 1.165) is 5.75 Å². The number of aliphatic hydroxyl groups excluding tert-OH is 3. The van der Waals surface area contributed by atoms with E-state index in [1.807, 2.05) is 6.92 Å². The summed E-state index contributed by atoms with van der Waals surface area (Å²) in [4.78, 5) is 0. The molecule has 1 fully saturated rings. The summed E-state index contributed by atoms with van der Waals surface area (Å²) in [6.45, 7) is 1.79. The first-order valence-corrected chi connectivity index (χ1v) is 4.99. The Kier molecular flexibility index (Phi) is 3.79. The molecule has 1 saturated heterocycles. The third-order valence-electron chi connectivity index (χ3n) is 1.85. The Labute approximate surface area is 75.5 Å². The largest absolute Gasteiger partial charge is 0.394 e. The Morgan fingerprint density at radius 2 is 2.08 bits per heavy atom. The van der Waals surface area contributed by atoms with Crippen LogP contribution >= 0.6 is 11.8 Å². The van der Waals surface area contributed by atoms with Crippen molar-refractivity contribution in [3.8, 4) is 0 Å². The fourth-order valence-electron chi connectivity index (χ4n) is 1.26. The zero-order chi connectivity index (χ0) is 9.14. The average Bonchev–Trinajstić information content (AvgIpc) is 2.33. The highest BCUT2D eigenvalue weighted by molar-refractivity contribution is 8.00. The molecule has 0 aromatic carbocycles. The van der Waals surface area contributed by atoms with Crippen molar-refractivity contribution in [1.82, 2.24) is 0 Å². The Morgan fingerprint density at radius 1 is 1.42 bits per heavy atom. The van der Waals surface area contributed by atoms with E-state index in [9.17, 15) is 5.11 Å². The number of aliphatic hydroxyl groups is 3. The second-order valence-corrected chi connectivity index (χ2v) is 4.11. The first kappa shape index (κ1) is 10.3. The van der Waals surface area contributed by atoms with Gasteiger partial charge >= 0.3 is 0 Å². The summed E-state index contributed by atoms with van der Waals surface area (Å²) in [5, 5.41) is 27.1. The molecule has 1 aliphatic rings. The van der Waals surface area contributed by atoms with E-state index in [0.29, 0.717) is 0 Å². The van der Waals surface area contributed by atoms with Gasteiger partial charge in [0.2, 0.25) is 0 Å². The molecular formula is C7H14O4S. The lowest BCUT2D eigenvalue weighted by Crippen LogP contribution is -2.31. The molecule has 0 aromatic rings. The van der Waals surface area contributed by atoms with E-state index in [1.165, 1.54) is 11.8 Å². The van der Waals surface area contributed by atoms with Crippen molar-refractivity contribution in [2.75, 3.05) is 12.4 Å². The zero-order valence-electron chi connectivity index (χ0n) is 6.88. The molecule has 4 nitrogen and oxygen atoms in total. The zero-order valence-corrected chi connectivity index (χ0v) is 7.70. The minimum absolute atomic E-state index is 0.161. The van der Waals surface area contributed by atoms with Gasteiger partial charge in [0.25, 0.3) is 0 Å². The first-order valence-electron chi connectivity index (χ1n) is 3.94. The lowest BCUT2D eigenvalue weighted by atomic mass is 10.2. The number of rotatable bonds is 3. The lowest BCUT2D eigenvalue weighted by Gasteiger charge is -2.16. The number of hydrogen-bond acceptors (Lipinski definition) is 5. The Bertz CT molecular complexity index is 143. The van der Waals surface area contributed by atoms with Crippen LogP contribution in [-0.4, -0.2) is 51.4 Å². The second-order valence-electron chi connectivity index (χ2n) is 2.66. The van der Waals surface area contributed by atoms with E-state index in [2.05, 4.69) is 0 Å². The molecule has 0 spiro atoms. The molecule has 1 aliphatic heterocycles. The summed E-state index contributed by atoms with van der Waals surface area (Å²) in [6, 6.07) is 0. The monoisotopic (exact) mass is 194 g/mol. The molecule has 0 bridgehead atoms. The Balaban J connectivity index is 2.53. The highest BCUT2D eigenvalue weighted by Gasteiger charge is 2.42. The number of thioether (sulfide) groups is 1. The summed E-state index contributed by atoms with van der Waals surface area (Å²) < 4.78 is 4.92. The smallest absolute Gasteiger partial charge is 0.182 e. The molecular weight excluding hydrogens is 180 g/mol. The fraction of sp³-hybridized carbons (Fsp3) is 1.00. The summed E-state index contributed by atoms with van der Waals surface area (Å²) in [5.74, 6) is 0.828. The predicted molar refractivity (Wildman–Crippen MR) is 45.9 cm³/mol. The summed E-state index contributed by atoms with van der Waals surface area (Å²) >= 11 is 1.49. The molecule has 72 valence electrons. The first-order chi connectivity index (χ1) is 5.70. The van der Waals surface area contributed by atoms with Gasteiger partial charge in [-0.3, -0.25) is 0 Å². The molecule has 12 heavy (non-hydrogen) atoms. The molecule has 1 heterocycles.